The highest BCUT2D eigenvalue weighted by Crippen LogP contribution is 2.37. The van der Waals surface area contributed by atoms with Crippen molar-refractivity contribution in [3.05, 3.63) is 42.6 Å². The number of nitrogens with one attached hydrogen (secondary N) is 1. The predicted molar refractivity (Wildman–Crippen MR) is 97.3 cm³/mol. The number of H-pyrrole nitrogens is 1. The quantitative estimate of drug-likeness (QED) is 0.330. The second-order valence-electron chi connectivity index (χ2n) is 5.83. The van der Waals surface area contributed by atoms with Crippen molar-refractivity contribution in [1.29, 1.82) is 0 Å². The van der Waals surface area contributed by atoms with Crippen LogP contribution in [0.15, 0.2) is 42.6 Å². The lowest BCUT2D eigenvalue weighted by Crippen LogP contribution is -2.43. The SMILES string of the molecule is CCOC(=O)Oc1ccc2c3c4ccccc4[nH][n+]3n(OC(=O)OCC)cc1-2. The Morgan fingerprint density at radius 2 is 1.75 bits per heavy atom. The number of para-hydroxylation sites is 1. The summed E-state index contributed by atoms with van der Waals surface area (Å²) in [6.07, 6.45) is -0.137. The van der Waals surface area contributed by atoms with E-state index in [0.29, 0.717) is 11.3 Å². The van der Waals surface area contributed by atoms with Gasteiger partial charge in [0.05, 0.1) is 34.6 Å². The van der Waals surface area contributed by atoms with Crippen LogP contribution in [0.4, 0.5) is 9.59 Å². The number of nitrogens with zero attached hydrogens (tertiary/aromatic N) is 2. The van der Waals surface area contributed by atoms with Crippen molar-refractivity contribution in [1.82, 2.24) is 9.94 Å². The van der Waals surface area contributed by atoms with Gasteiger partial charge in [-0.2, -0.15) is 0 Å². The van der Waals surface area contributed by atoms with Crippen LogP contribution in [0.2, 0.25) is 0 Å². The molecule has 9 heteroatoms. The summed E-state index contributed by atoms with van der Waals surface area (Å²) in [4.78, 5) is 30.2. The number of aromatic nitrogens is 3. The number of hydrogen-bond acceptors (Lipinski definition) is 6. The van der Waals surface area contributed by atoms with E-state index >= 15 is 0 Å². The van der Waals surface area contributed by atoms with Crippen molar-refractivity contribution in [3.8, 4) is 16.9 Å². The van der Waals surface area contributed by atoms with E-state index in [9.17, 15) is 9.59 Å². The van der Waals surface area contributed by atoms with E-state index in [1.807, 2.05) is 30.3 Å². The monoisotopic (exact) mass is 384 g/mol. The van der Waals surface area contributed by atoms with Crippen LogP contribution in [0, 0.1) is 0 Å². The molecule has 0 unspecified atom stereocenters. The van der Waals surface area contributed by atoms with Gasteiger partial charge in [0.25, 0.3) is 5.52 Å². The Balaban J connectivity index is 1.91. The van der Waals surface area contributed by atoms with Crippen LogP contribution in [0.1, 0.15) is 13.8 Å². The lowest BCUT2D eigenvalue weighted by atomic mass is 10.1. The van der Waals surface area contributed by atoms with E-state index in [0.717, 1.165) is 22.0 Å². The largest absolute Gasteiger partial charge is 0.537 e. The van der Waals surface area contributed by atoms with E-state index in [4.69, 9.17) is 19.0 Å². The van der Waals surface area contributed by atoms with Gasteiger partial charge in [-0.3, -0.25) is 0 Å². The minimum Gasteiger partial charge on any atom is -0.434 e. The van der Waals surface area contributed by atoms with Gasteiger partial charge in [0, 0.05) is 4.63 Å². The standard InChI is InChI=1S/C19H17N3O6/c1-3-25-18(23)27-16-10-9-12-14(16)11-21(28-19(24)26-4-2)22-17(12)13-7-5-6-8-15(13)20-22/h5-11H,3-4H2,1-2H3/p+1. The average molecular weight is 384 g/mol. The maximum atomic E-state index is 11.9. The summed E-state index contributed by atoms with van der Waals surface area (Å²) in [5.74, 6) is 0.294. The van der Waals surface area contributed by atoms with Crippen molar-refractivity contribution in [2.75, 3.05) is 13.2 Å². The first kappa shape index (κ1) is 17.7. The number of aromatic amines is 1. The first-order chi connectivity index (χ1) is 13.6. The summed E-state index contributed by atoms with van der Waals surface area (Å²) in [6, 6.07) is 11.1. The molecule has 0 amide bonds. The maximum absolute atomic E-state index is 11.9. The number of rotatable bonds is 4. The van der Waals surface area contributed by atoms with Crippen molar-refractivity contribution < 1.29 is 33.3 Å². The second-order valence-corrected chi connectivity index (χ2v) is 5.83. The van der Waals surface area contributed by atoms with Crippen LogP contribution in [0.5, 0.6) is 5.75 Å². The highest BCUT2D eigenvalue weighted by molar-refractivity contribution is 6.01. The minimum absolute atomic E-state index is 0.176. The number of fused-ring (bicyclic) bond motifs is 5. The van der Waals surface area contributed by atoms with E-state index in [-0.39, 0.29) is 13.2 Å². The van der Waals surface area contributed by atoms with Crippen LogP contribution < -0.4 is 14.2 Å². The Bertz CT molecular complexity index is 1150. The number of benzene rings is 1. The van der Waals surface area contributed by atoms with E-state index in [2.05, 4.69) is 5.10 Å². The Morgan fingerprint density at radius 3 is 2.54 bits per heavy atom. The molecule has 0 saturated carbocycles. The van der Waals surface area contributed by atoms with E-state index in [1.54, 1.807) is 24.5 Å². The molecule has 2 heterocycles. The molecule has 0 radical (unpaired) electrons. The van der Waals surface area contributed by atoms with Gasteiger partial charge in [-0.1, -0.05) is 12.1 Å². The summed E-state index contributed by atoms with van der Waals surface area (Å²) in [5, 5.41) is 4.08. The van der Waals surface area contributed by atoms with Crippen LogP contribution >= 0.6 is 0 Å². The molecule has 144 valence electrons. The molecule has 0 atom stereocenters. The third-order valence-corrected chi connectivity index (χ3v) is 4.15. The Labute approximate surface area is 159 Å². The Kier molecular flexibility index (Phi) is 4.48. The first-order valence-corrected chi connectivity index (χ1v) is 8.79. The molecule has 0 spiro atoms. The van der Waals surface area contributed by atoms with Gasteiger partial charge < -0.3 is 14.2 Å². The zero-order valence-electron chi connectivity index (χ0n) is 15.3. The van der Waals surface area contributed by atoms with Gasteiger partial charge >= 0.3 is 12.3 Å². The molecule has 9 nitrogen and oxygen atoms in total. The van der Waals surface area contributed by atoms with Gasteiger partial charge in [-0.05, 0) is 38.1 Å². The van der Waals surface area contributed by atoms with E-state index in [1.165, 1.54) is 11.0 Å². The van der Waals surface area contributed by atoms with Crippen molar-refractivity contribution in [2.45, 2.75) is 13.8 Å². The molecule has 0 saturated heterocycles. The number of carbonyl (C=O) groups excluding carboxylic acids is 2. The third-order valence-electron chi connectivity index (χ3n) is 4.15. The summed E-state index contributed by atoms with van der Waals surface area (Å²) in [6.45, 7) is 3.75. The molecule has 1 aromatic carbocycles. The molecule has 1 aliphatic carbocycles. The van der Waals surface area contributed by atoms with Crippen molar-refractivity contribution in [3.63, 3.8) is 0 Å². The normalized spacial score (nSPS) is 11.1. The van der Waals surface area contributed by atoms with Gasteiger partial charge in [0.2, 0.25) is 0 Å². The fraction of sp³-hybridized carbons (Fsp3) is 0.211. The topological polar surface area (TPSA) is 95.9 Å². The fourth-order valence-corrected chi connectivity index (χ4v) is 3.07. The zero-order valence-corrected chi connectivity index (χ0v) is 15.3. The molecule has 1 N–H and O–H groups in total. The second kappa shape index (κ2) is 7.10. The van der Waals surface area contributed by atoms with Crippen molar-refractivity contribution >= 4 is 28.7 Å². The van der Waals surface area contributed by atoms with Gasteiger partial charge in [-0.15, -0.1) is 5.10 Å². The Hall–Kier alpha value is -3.75. The summed E-state index contributed by atoms with van der Waals surface area (Å²) in [7, 11) is 0. The molecule has 0 bridgehead atoms. The average Bonchev–Trinajstić information content (AvgIpc) is 3.24. The van der Waals surface area contributed by atoms with Crippen LogP contribution in [-0.2, 0) is 9.47 Å². The molecule has 1 aromatic heterocycles. The Morgan fingerprint density at radius 1 is 1.00 bits per heavy atom. The highest BCUT2D eigenvalue weighted by Gasteiger charge is 2.29. The number of carbonyl (C=O) groups is 2. The summed E-state index contributed by atoms with van der Waals surface area (Å²) >= 11 is 0. The minimum atomic E-state index is -0.862. The molecular formula is C19H18N3O6+. The molecule has 28 heavy (non-hydrogen) atoms. The van der Waals surface area contributed by atoms with Gasteiger partial charge in [0.15, 0.2) is 0 Å². The predicted octanol–water partition coefficient (Wildman–Crippen LogP) is 2.93. The smallest absolute Gasteiger partial charge is 0.434 e. The van der Waals surface area contributed by atoms with Gasteiger partial charge in [-0.25, -0.2) is 14.4 Å². The van der Waals surface area contributed by atoms with Crippen LogP contribution in [0.25, 0.3) is 27.5 Å². The molecule has 1 aliphatic heterocycles. The highest BCUT2D eigenvalue weighted by atomic mass is 16.8. The summed E-state index contributed by atoms with van der Waals surface area (Å²) in [5.41, 5.74) is 2.96. The number of hydrogen-bond donors (Lipinski definition) is 1. The maximum Gasteiger partial charge on any atom is 0.537 e. The first-order valence-electron chi connectivity index (χ1n) is 8.79. The number of ether oxygens (including phenoxy) is 3. The summed E-state index contributed by atoms with van der Waals surface area (Å²) < 4.78 is 16.6. The molecular weight excluding hydrogens is 366 g/mol. The lowest BCUT2D eigenvalue weighted by Gasteiger charge is -2.07. The van der Waals surface area contributed by atoms with Crippen LogP contribution in [-0.4, -0.2) is 35.5 Å². The fourth-order valence-electron chi connectivity index (χ4n) is 3.07. The van der Waals surface area contributed by atoms with Crippen LogP contribution in [0.3, 0.4) is 0 Å². The molecule has 4 rings (SSSR count). The lowest BCUT2D eigenvalue weighted by molar-refractivity contribution is -0.694. The molecule has 2 aromatic rings. The molecule has 2 aliphatic rings. The zero-order chi connectivity index (χ0) is 19.7. The van der Waals surface area contributed by atoms with Crippen molar-refractivity contribution in [2.24, 2.45) is 0 Å². The van der Waals surface area contributed by atoms with Gasteiger partial charge in [0.1, 0.15) is 17.5 Å². The third kappa shape index (κ3) is 2.96. The van der Waals surface area contributed by atoms with E-state index < -0.39 is 12.3 Å². The molecule has 0 fully saturated rings.